The third-order valence-electron chi connectivity index (χ3n) is 4.24. The van der Waals surface area contributed by atoms with Crippen molar-refractivity contribution in [2.24, 2.45) is 0 Å². The first-order chi connectivity index (χ1) is 11.8. The number of benzene rings is 2. The molecule has 0 amide bonds. The van der Waals surface area contributed by atoms with E-state index in [9.17, 15) is 4.79 Å². The van der Waals surface area contributed by atoms with E-state index in [-0.39, 0.29) is 17.1 Å². The van der Waals surface area contributed by atoms with E-state index in [1.54, 1.807) is 6.07 Å². The van der Waals surface area contributed by atoms with Crippen molar-refractivity contribution in [2.75, 3.05) is 5.73 Å². The average Bonchev–Trinajstić information content (AvgIpc) is 2.54. The number of hydrogen-bond acceptors (Lipinski definition) is 4. The van der Waals surface area contributed by atoms with Crippen LogP contribution in [0, 0.1) is 0 Å². The van der Waals surface area contributed by atoms with Crippen LogP contribution in [0.15, 0.2) is 42.5 Å². The Morgan fingerprint density at radius 1 is 1.08 bits per heavy atom. The number of aromatic nitrogens is 2. The summed E-state index contributed by atoms with van der Waals surface area (Å²) in [5.74, 6) is -1.27. The van der Waals surface area contributed by atoms with Gasteiger partial charge in [-0.2, -0.15) is 0 Å². The summed E-state index contributed by atoms with van der Waals surface area (Å²) in [7, 11) is 0. The first kappa shape index (κ1) is 16.9. The SMILES string of the molecule is CC(C)(C)c1ccc(Cc2cccc3nc(C(=O)O)nc(N)c23)cc1. The normalized spacial score (nSPS) is 11.6. The fourth-order valence-electron chi connectivity index (χ4n) is 2.87. The Labute approximate surface area is 146 Å². The molecule has 0 spiro atoms. The number of carboxylic acid groups (broad SMARTS) is 1. The summed E-state index contributed by atoms with van der Waals surface area (Å²) in [6.45, 7) is 6.56. The van der Waals surface area contributed by atoms with Gasteiger partial charge in [-0.1, -0.05) is 57.2 Å². The molecule has 0 radical (unpaired) electrons. The number of hydrogen-bond donors (Lipinski definition) is 2. The molecule has 0 aliphatic rings. The van der Waals surface area contributed by atoms with E-state index in [2.05, 4.69) is 55.0 Å². The zero-order valence-corrected chi connectivity index (χ0v) is 14.6. The molecule has 0 unspecified atom stereocenters. The Balaban J connectivity index is 2.00. The highest BCUT2D eigenvalue weighted by atomic mass is 16.4. The maximum Gasteiger partial charge on any atom is 0.374 e. The van der Waals surface area contributed by atoms with Crippen LogP contribution in [0.4, 0.5) is 5.82 Å². The van der Waals surface area contributed by atoms with Crippen LogP contribution < -0.4 is 5.73 Å². The number of carboxylic acids is 1. The minimum Gasteiger partial charge on any atom is -0.475 e. The number of carbonyl (C=O) groups is 1. The van der Waals surface area contributed by atoms with Crippen molar-refractivity contribution in [3.8, 4) is 0 Å². The lowest BCUT2D eigenvalue weighted by Crippen LogP contribution is -2.10. The van der Waals surface area contributed by atoms with Gasteiger partial charge >= 0.3 is 5.97 Å². The number of aromatic carboxylic acids is 1. The average molecular weight is 335 g/mol. The van der Waals surface area contributed by atoms with E-state index < -0.39 is 5.97 Å². The highest BCUT2D eigenvalue weighted by Gasteiger charge is 2.15. The maximum atomic E-state index is 11.1. The maximum absolute atomic E-state index is 11.1. The zero-order chi connectivity index (χ0) is 18.2. The first-order valence-electron chi connectivity index (χ1n) is 8.13. The van der Waals surface area contributed by atoms with Gasteiger partial charge in [0.15, 0.2) is 0 Å². The van der Waals surface area contributed by atoms with Crippen molar-refractivity contribution < 1.29 is 9.90 Å². The monoisotopic (exact) mass is 335 g/mol. The second-order valence-electron chi connectivity index (χ2n) is 7.17. The lowest BCUT2D eigenvalue weighted by molar-refractivity contribution is 0.0684. The van der Waals surface area contributed by atoms with E-state index in [0.717, 1.165) is 11.1 Å². The van der Waals surface area contributed by atoms with Crippen LogP contribution in [0.25, 0.3) is 10.9 Å². The van der Waals surface area contributed by atoms with E-state index in [1.165, 1.54) is 5.56 Å². The van der Waals surface area contributed by atoms with Gasteiger partial charge in [-0.3, -0.25) is 0 Å². The van der Waals surface area contributed by atoms with Crippen LogP contribution >= 0.6 is 0 Å². The molecule has 0 fully saturated rings. The molecule has 0 aliphatic carbocycles. The molecule has 0 saturated heterocycles. The Bertz CT molecular complexity index is 942. The molecule has 5 nitrogen and oxygen atoms in total. The molecule has 128 valence electrons. The first-order valence-corrected chi connectivity index (χ1v) is 8.13. The summed E-state index contributed by atoms with van der Waals surface area (Å²) >= 11 is 0. The molecule has 3 rings (SSSR count). The van der Waals surface area contributed by atoms with Crippen molar-refractivity contribution in [2.45, 2.75) is 32.6 Å². The van der Waals surface area contributed by atoms with E-state index in [0.29, 0.717) is 17.3 Å². The van der Waals surface area contributed by atoms with Crippen molar-refractivity contribution in [1.29, 1.82) is 0 Å². The lowest BCUT2D eigenvalue weighted by atomic mass is 9.86. The van der Waals surface area contributed by atoms with Crippen LogP contribution in [0.2, 0.25) is 0 Å². The van der Waals surface area contributed by atoms with Crippen LogP contribution in [-0.4, -0.2) is 21.0 Å². The highest BCUT2D eigenvalue weighted by Crippen LogP contribution is 2.26. The summed E-state index contributed by atoms with van der Waals surface area (Å²) in [6.07, 6.45) is 0.682. The summed E-state index contributed by atoms with van der Waals surface area (Å²) in [5, 5.41) is 9.80. The second kappa shape index (κ2) is 6.16. The predicted octanol–water partition coefficient (Wildman–Crippen LogP) is 3.80. The standard InChI is InChI=1S/C20H21N3O2/c1-20(2,3)14-9-7-12(8-10-14)11-13-5-4-6-15-16(13)17(21)23-18(22-15)19(24)25/h4-10H,11H2,1-3H3,(H,24,25)(H2,21,22,23). The molecular weight excluding hydrogens is 314 g/mol. The van der Waals surface area contributed by atoms with Crippen molar-refractivity contribution in [3.05, 3.63) is 65.0 Å². The largest absolute Gasteiger partial charge is 0.475 e. The van der Waals surface area contributed by atoms with Crippen molar-refractivity contribution >= 4 is 22.7 Å². The third kappa shape index (κ3) is 3.45. The van der Waals surface area contributed by atoms with Crippen molar-refractivity contribution in [1.82, 2.24) is 9.97 Å². The Morgan fingerprint density at radius 2 is 1.76 bits per heavy atom. The minimum atomic E-state index is -1.18. The number of fused-ring (bicyclic) bond motifs is 1. The van der Waals surface area contributed by atoms with Gasteiger partial charge in [0, 0.05) is 5.39 Å². The number of rotatable bonds is 3. The summed E-state index contributed by atoms with van der Waals surface area (Å²) < 4.78 is 0. The van der Waals surface area contributed by atoms with Gasteiger partial charge in [0.1, 0.15) is 5.82 Å². The Morgan fingerprint density at radius 3 is 2.36 bits per heavy atom. The van der Waals surface area contributed by atoms with Crippen LogP contribution in [-0.2, 0) is 11.8 Å². The molecule has 25 heavy (non-hydrogen) atoms. The Hall–Kier alpha value is -2.95. The van der Waals surface area contributed by atoms with Gasteiger partial charge in [0.05, 0.1) is 5.52 Å². The Kier molecular flexibility index (Phi) is 4.17. The van der Waals surface area contributed by atoms with Gasteiger partial charge < -0.3 is 10.8 Å². The number of nitrogen functional groups attached to an aromatic ring is 1. The van der Waals surface area contributed by atoms with E-state index in [4.69, 9.17) is 10.8 Å². The summed E-state index contributed by atoms with van der Waals surface area (Å²) in [5.41, 5.74) is 10.1. The van der Waals surface area contributed by atoms with E-state index in [1.807, 2.05) is 12.1 Å². The van der Waals surface area contributed by atoms with Gasteiger partial charge in [-0.15, -0.1) is 0 Å². The molecule has 1 heterocycles. The summed E-state index contributed by atoms with van der Waals surface area (Å²) in [4.78, 5) is 19.1. The highest BCUT2D eigenvalue weighted by molar-refractivity contribution is 5.95. The van der Waals surface area contributed by atoms with Crippen LogP contribution in [0.5, 0.6) is 0 Å². The smallest absolute Gasteiger partial charge is 0.374 e. The fraction of sp³-hybridized carbons (Fsp3) is 0.250. The number of nitrogens with two attached hydrogens (primary N) is 1. The minimum absolute atomic E-state index is 0.115. The summed E-state index contributed by atoms with van der Waals surface area (Å²) in [6, 6.07) is 14.1. The zero-order valence-electron chi connectivity index (χ0n) is 14.6. The van der Waals surface area contributed by atoms with Gasteiger partial charge in [-0.25, -0.2) is 14.8 Å². The molecule has 5 heteroatoms. The topological polar surface area (TPSA) is 89.1 Å². The molecule has 0 saturated carbocycles. The molecule has 0 atom stereocenters. The predicted molar refractivity (Wildman–Crippen MR) is 98.9 cm³/mol. The number of anilines is 1. The lowest BCUT2D eigenvalue weighted by Gasteiger charge is -2.19. The van der Waals surface area contributed by atoms with Crippen LogP contribution in [0.3, 0.4) is 0 Å². The van der Waals surface area contributed by atoms with Crippen LogP contribution in [0.1, 0.15) is 48.1 Å². The fourth-order valence-corrected chi connectivity index (χ4v) is 2.87. The molecule has 3 N–H and O–H groups in total. The third-order valence-corrected chi connectivity index (χ3v) is 4.24. The molecule has 0 aliphatic heterocycles. The molecular formula is C20H21N3O2. The quantitative estimate of drug-likeness (QED) is 0.760. The van der Waals surface area contributed by atoms with E-state index >= 15 is 0 Å². The molecule has 2 aromatic carbocycles. The second-order valence-corrected chi connectivity index (χ2v) is 7.17. The van der Waals surface area contributed by atoms with Crippen molar-refractivity contribution in [3.63, 3.8) is 0 Å². The van der Waals surface area contributed by atoms with Gasteiger partial charge in [-0.05, 0) is 34.6 Å². The number of nitrogens with zero attached hydrogens (tertiary/aromatic N) is 2. The molecule has 1 aromatic heterocycles. The molecule has 3 aromatic rings. The van der Waals surface area contributed by atoms with Gasteiger partial charge in [0.25, 0.3) is 0 Å². The molecule has 0 bridgehead atoms. The van der Waals surface area contributed by atoms with Gasteiger partial charge in [0.2, 0.25) is 5.82 Å².